The second-order valence-corrected chi connectivity index (χ2v) is 23.2. The molecule has 0 aliphatic carbocycles. The van der Waals surface area contributed by atoms with E-state index in [9.17, 15) is 45.6 Å². The summed E-state index contributed by atoms with van der Waals surface area (Å²) in [7, 11) is 0. The van der Waals surface area contributed by atoms with Crippen molar-refractivity contribution in [2.45, 2.75) is 357 Å². The predicted molar refractivity (Wildman–Crippen MR) is 314 cm³/mol. The molecule has 460 valence electrons. The van der Waals surface area contributed by atoms with Gasteiger partial charge in [-0.25, -0.2) is 0 Å². The van der Waals surface area contributed by atoms with Gasteiger partial charge in [0.15, 0.2) is 12.6 Å². The van der Waals surface area contributed by atoms with Crippen molar-refractivity contribution in [2.24, 2.45) is 0 Å². The normalized spacial score (nSPS) is 24.6. The van der Waals surface area contributed by atoms with Gasteiger partial charge in [0.25, 0.3) is 0 Å². The molecule has 2 saturated heterocycles. The molecular weight excluding hydrogens is 991 g/mol. The fourth-order valence-electron chi connectivity index (χ4n) is 10.9. The fourth-order valence-corrected chi connectivity index (χ4v) is 10.9. The van der Waals surface area contributed by atoms with E-state index in [-0.39, 0.29) is 18.9 Å². The SMILES string of the molecule is CCCCC/C=C/CC/C=C/C(O)C(COC1OC(CO)C(OC2OC(CO)C(O)C(O)C2O)C(O)C1O)NC(=O)CCCCCCCCCCCCCCCCCCCCCCCCCCCCCCCCCCCCC. The molecule has 78 heavy (non-hydrogen) atoms. The number of aliphatic hydroxyl groups excluding tert-OH is 8. The highest BCUT2D eigenvalue weighted by Gasteiger charge is 2.51. The van der Waals surface area contributed by atoms with E-state index in [0.29, 0.717) is 12.8 Å². The van der Waals surface area contributed by atoms with Crippen LogP contribution >= 0.6 is 0 Å². The average molecular weight is 1110 g/mol. The summed E-state index contributed by atoms with van der Waals surface area (Å²) >= 11 is 0. The highest BCUT2D eigenvalue weighted by atomic mass is 16.7. The van der Waals surface area contributed by atoms with Crippen LogP contribution in [0.25, 0.3) is 0 Å². The molecule has 0 aromatic heterocycles. The number of allylic oxidation sites excluding steroid dienone is 3. The number of carbonyl (C=O) groups excluding carboxylic acids is 1. The van der Waals surface area contributed by atoms with Crippen molar-refractivity contribution in [3.63, 3.8) is 0 Å². The van der Waals surface area contributed by atoms with E-state index in [2.05, 4.69) is 31.3 Å². The first-order chi connectivity index (χ1) is 38.1. The molecule has 0 aromatic carbocycles. The molecule has 14 nitrogen and oxygen atoms in total. The van der Waals surface area contributed by atoms with Gasteiger partial charge in [-0.15, -0.1) is 0 Å². The molecule has 2 heterocycles. The van der Waals surface area contributed by atoms with Crippen LogP contribution in [0.15, 0.2) is 24.3 Å². The van der Waals surface area contributed by atoms with Gasteiger partial charge >= 0.3 is 0 Å². The summed E-state index contributed by atoms with van der Waals surface area (Å²) in [5.74, 6) is -0.247. The summed E-state index contributed by atoms with van der Waals surface area (Å²) in [4.78, 5) is 13.2. The second-order valence-electron chi connectivity index (χ2n) is 23.2. The molecule has 9 N–H and O–H groups in total. The summed E-state index contributed by atoms with van der Waals surface area (Å²) in [6, 6.07) is -0.926. The molecule has 14 heteroatoms. The van der Waals surface area contributed by atoms with Crippen LogP contribution in [0, 0.1) is 0 Å². The lowest BCUT2D eigenvalue weighted by Crippen LogP contribution is -2.65. The van der Waals surface area contributed by atoms with E-state index in [1.54, 1.807) is 6.08 Å². The summed E-state index contributed by atoms with van der Waals surface area (Å²) in [6.45, 7) is 2.74. The molecule has 0 bridgehead atoms. The van der Waals surface area contributed by atoms with Crippen molar-refractivity contribution in [3.8, 4) is 0 Å². The highest BCUT2D eigenvalue weighted by molar-refractivity contribution is 5.76. The minimum atomic E-state index is -1.79. The third-order valence-electron chi connectivity index (χ3n) is 16.1. The van der Waals surface area contributed by atoms with Gasteiger partial charge in [0.05, 0.1) is 32.0 Å². The van der Waals surface area contributed by atoms with Crippen LogP contribution in [0.3, 0.4) is 0 Å². The lowest BCUT2D eigenvalue weighted by molar-refractivity contribution is -0.359. The van der Waals surface area contributed by atoms with Crippen LogP contribution < -0.4 is 5.32 Å². The van der Waals surface area contributed by atoms with E-state index in [0.717, 1.165) is 38.5 Å². The molecule has 0 radical (unpaired) electrons. The molecule has 0 spiro atoms. The summed E-state index contributed by atoms with van der Waals surface area (Å²) < 4.78 is 22.7. The van der Waals surface area contributed by atoms with Crippen molar-refractivity contribution in [1.82, 2.24) is 5.32 Å². The number of hydrogen-bond acceptors (Lipinski definition) is 13. The topological polar surface area (TPSA) is 228 Å². The maximum Gasteiger partial charge on any atom is 0.220 e. The number of hydrogen-bond donors (Lipinski definition) is 9. The van der Waals surface area contributed by atoms with Crippen LogP contribution in [0.4, 0.5) is 0 Å². The van der Waals surface area contributed by atoms with Crippen molar-refractivity contribution >= 4 is 5.91 Å². The Morgan fingerprint density at radius 2 is 0.821 bits per heavy atom. The van der Waals surface area contributed by atoms with Crippen LogP contribution in [0.5, 0.6) is 0 Å². The number of aliphatic hydroxyl groups is 8. The molecule has 12 unspecified atom stereocenters. The molecule has 2 rings (SSSR count). The van der Waals surface area contributed by atoms with E-state index in [1.165, 1.54) is 212 Å². The molecular formula is C64H121NO13. The van der Waals surface area contributed by atoms with Crippen LogP contribution in [-0.2, 0) is 23.7 Å². The number of amides is 1. The largest absolute Gasteiger partial charge is 0.394 e. The zero-order valence-corrected chi connectivity index (χ0v) is 49.7. The lowest BCUT2D eigenvalue weighted by atomic mass is 9.97. The Balaban J connectivity index is 1.55. The Bertz CT molecular complexity index is 1400. The summed E-state index contributed by atoms with van der Waals surface area (Å²) in [6.07, 6.45) is 44.4. The van der Waals surface area contributed by atoms with Gasteiger partial charge in [-0.3, -0.25) is 4.79 Å². The average Bonchev–Trinajstić information content (AvgIpc) is 3.47. The molecule has 12 atom stereocenters. The zero-order valence-electron chi connectivity index (χ0n) is 49.7. The Morgan fingerprint density at radius 3 is 1.26 bits per heavy atom. The summed E-state index contributed by atoms with van der Waals surface area (Å²) in [5.41, 5.74) is 0. The van der Waals surface area contributed by atoms with Crippen molar-refractivity contribution in [1.29, 1.82) is 0 Å². The molecule has 0 saturated carbocycles. The van der Waals surface area contributed by atoms with Crippen LogP contribution in [0.2, 0.25) is 0 Å². The van der Waals surface area contributed by atoms with E-state index >= 15 is 0 Å². The minimum Gasteiger partial charge on any atom is -0.394 e. The fraction of sp³-hybridized carbons (Fsp3) is 0.922. The van der Waals surface area contributed by atoms with Gasteiger partial charge in [0.2, 0.25) is 5.91 Å². The molecule has 1 amide bonds. The van der Waals surface area contributed by atoms with Crippen LogP contribution in [0.1, 0.15) is 284 Å². The smallest absolute Gasteiger partial charge is 0.220 e. The maximum absolute atomic E-state index is 13.2. The second kappa shape index (κ2) is 50.0. The Kier molecular flexibility index (Phi) is 46.5. The van der Waals surface area contributed by atoms with E-state index in [4.69, 9.17) is 18.9 Å². The van der Waals surface area contributed by atoms with Crippen molar-refractivity contribution < 1.29 is 64.6 Å². The number of carbonyl (C=O) groups is 1. The lowest BCUT2D eigenvalue weighted by Gasteiger charge is -2.46. The number of unbranched alkanes of at least 4 members (excludes halogenated alkanes) is 38. The summed E-state index contributed by atoms with van der Waals surface area (Å²) in [5, 5.41) is 86.8. The van der Waals surface area contributed by atoms with Gasteiger partial charge in [-0.05, 0) is 32.1 Å². The first-order valence-corrected chi connectivity index (χ1v) is 32.6. The van der Waals surface area contributed by atoms with E-state index < -0.39 is 86.8 Å². The van der Waals surface area contributed by atoms with Gasteiger partial charge in [0.1, 0.15) is 48.8 Å². The third-order valence-corrected chi connectivity index (χ3v) is 16.1. The van der Waals surface area contributed by atoms with Gasteiger partial charge in [0, 0.05) is 6.42 Å². The van der Waals surface area contributed by atoms with Crippen molar-refractivity contribution in [2.75, 3.05) is 19.8 Å². The van der Waals surface area contributed by atoms with Gasteiger partial charge in [-0.2, -0.15) is 0 Å². The molecule has 0 aromatic rings. The quantitative estimate of drug-likeness (QED) is 0.0204. The standard InChI is InChI=1S/C64H121NO13/c1-3-5-7-9-11-13-14-15-16-17-18-19-20-21-22-23-24-25-26-27-28-29-30-31-32-33-34-35-36-37-38-40-42-44-46-48-56(69)65-52(53(68)47-45-43-41-39-12-10-8-6-4-2)51-75-63-61(74)59(72)62(55(50-67)77-63)78-64-60(73)58(71)57(70)54(49-66)76-64/h12,39,45,47,52-55,57-64,66-68,70-74H,3-11,13-38,40-44,46,48-51H2,1-2H3,(H,65,69)/b39-12+,47-45+. The maximum atomic E-state index is 13.2. The van der Waals surface area contributed by atoms with Crippen molar-refractivity contribution in [3.05, 3.63) is 24.3 Å². The molecule has 2 aliphatic rings. The first kappa shape index (κ1) is 72.6. The highest BCUT2D eigenvalue weighted by Crippen LogP contribution is 2.30. The van der Waals surface area contributed by atoms with Gasteiger partial charge < -0.3 is 65.1 Å². The van der Waals surface area contributed by atoms with Gasteiger partial charge in [-0.1, -0.05) is 269 Å². The Labute approximate surface area is 475 Å². The minimum absolute atomic E-state index is 0.247. The monoisotopic (exact) mass is 1110 g/mol. The Hall–Kier alpha value is -1.53. The Morgan fingerprint density at radius 1 is 0.449 bits per heavy atom. The number of rotatable bonds is 53. The number of nitrogens with one attached hydrogen (secondary N) is 1. The van der Waals surface area contributed by atoms with Crippen LogP contribution in [-0.4, -0.2) is 140 Å². The molecule has 2 aliphatic heterocycles. The van der Waals surface area contributed by atoms with E-state index in [1.807, 2.05) is 6.08 Å². The molecule has 2 fully saturated rings. The predicted octanol–water partition coefficient (Wildman–Crippen LogP) is 12.0. The number of ether oxygens (including phenoxy) is 4. The zero-order chi connectivity index (χ0) is 56.7. The third kappa shape index (κ3) is 34.8. The first-order valence-electron chi connectivity index (χ1n) is 32.6.